The normalized spacial score (nSPS) is 16.0. The van der Waals surface area contributed by atoms with Gasteiger partial charge in [0.25, 0.3) is 5.91 Å². The van der Waals surface area contributed by atoms with Crippen LogP contribution in [0.3, 0.4) is 0 Å². The van der Waals surface area contributed by atoms with Crippen molar-refractivity contribution in [2.45, 2.75) is 18.9 Å². The molecule has 1 amide bonds. The lowest BCUT2D eigenvalue weighted by Gasteiger charge is -2.31. The number of benzene rings is 1. The molecule has 0 bridgehead atoms. The Morgan fingerprint density at radius 3 is 2.62 bits per heavy atom. The zero-order valence-electron chi connectivity index (χ0n) is 11.2. The molecule has 1 aromatic rings. The van der Waals surface area contributed by atoms with Crippen molar-refractivity contribution in [1.29, 1.82) is 0 Å². The molecule has 1 N–H and O–H groups in total. The number of carbonyl (C=O) groups is 2. The van der Waals surface area contributed by atoms with Crippen molar-refractivity contribution in [2.24, 2.45) is 0 Å². The van der Waals surface area contributed by atoms with Gasteiger partial charge in [-0.2, -0.15) is 0 Å². The lowest BCUT2D eigenvalue weighted by molar-refractivity contribution is -0.145. The standard InChI is InChI=1S/C14H15ClFNO4/c15-11-2-1-9(7-12(11)16)14(20)17-5-3-10(4-6-17)21-8-13(18)19/h1-2,7,10H,3-6,8H2,(H,18,19). The fourth-order valence-corrected chi connectivity index (χ4v) is 2.34. The highest BCUT2D eigenvalue weighted by molar-refractivity contribution is 6.30. The van der Waals surface area contributed by atoms with Crippen molar-refractivity contribution >= 4 is 23.5 Å². The highest BCUT2D eigenvalue weighted by Gasteiger charge is 2.24. The van der Waals surface area contributed by atoms with Gasteiger partial charge in [0, 0.05) is 18.7 Å². The average Bonchev–Trinajstić information content (AvgIpc) is 2.48. The summed E-state index contributed by atoms with van der Waals surface area (Å²) < 4.78 is 18.6. The van der Waals surface area contributed by atoms with E-state index in [0.717, 1.165) is 6.07 Å². The van der Waals surface area contributed by atoms with Crippen LogP contribution in [0.4, 0.5) is 4.39 Å². The lowest BCUT2D eigenvalue weighted by Crippen LogP contribution is -2.41. The first kappa shape index (κ1) is 15.7. The van der Waals surface area contributed by atoms with E-state index in [9.17, 15) is 14.0 Å². The highest BCUT2D eigenvalue weighted by Crippen LogP contribution is 2.19. The molecule has 1 fully saturated rings. The molecule has 0 aliphatic carbocycles. The summed E-state index contributed by atoms with van der Waals surface area (Å²) in [4.78, 5) is 24.2. The molecule has 1 saturated heterocycles. The molecule has 7 heteroatoms. The first-order chi connectivity index (χ1) is 9.97. The number of carbonyl (C=O) groups excluding carboxylic acids is 1. The molecule has 0 radical (unpaired) electrons. The minimum Gasteiger partial charge on any atom is -0.480 e. The van der Waals surface area contributed by atoms with E-state index in [2.05, 4.69) is 0 Å². The maximum Gasteiger partial charge on any atom is 0.329 e. The number of carboxylic acids is 1. The number of ether oxygens (including phenoxy) is 1. The van der Waals surface area contributed by atoms with Gasteiger partial charge < -0.3 is 14.7 Å². The monoisotopic (exact) mass is 315 g/mol. The Labute approximate surface area is 126 Å². The second-order valence-electron chi connectivity index (χ2n) is 4.83. The van der Waals surface area contributed by atoms with E-state index in [-0.39, 0.29) is 29.2 Å². The second-order valence-corrected chi connectivity index (χ2v) is 5.23. The number of piperidine rings is 1. The minimum absolute atomic E-state index is 0.0210. The molecule has 114 valence electrons. The molecule has 2 rings (SSSR count). The number of nitrogens with zero attached hydrogens (tertiary/aromatic N) is 1. The Balaban J connectivity index is 1.90. The van der Waals surface area contributed by atoms with E-state index in [4.69, 9.17) is 21.4 Å². The number of aliphatic carboxylic acids is 1. The van der Waals surface area contributed by atoms with E-state index in [1.807, 2.05) is 0 Å². The van der Waals surface area contributed by atoms with Gasteiger partial charge in [0.1, 0.15) is 12.4 Å². The first-order valence-corrected chi connectivity index (χ1v) is 6.93. The number of amides is 1. The van der Waals surface area contributed by atoms with E-state index in [1.165, 1.54) is 12.1 Å². The molecular weight excluding hydrogens is 301 g/mol. The van der Waals surface area contributed by atoms with Crippen LogP contribution < -0.4 is 0 Å². The number of hydrogen-bond donors (Lipinski definition) is 1. The van der Waals surface area contributed by atoms with Gasteiger partial charge in [-0.05, 0) is 31.0 Å². The van der Waals surface area contributed by atoms with Gasteiger partial charge in [-0.3, -0.25) is 4.79 Å². The van der Waals surface area contributed by atoms with Gasteiger partial charge in [-0.1, -0.05) is 11.6 Å². The van der Waals surface area contributed by atoms with Gasteiger partial charge in [0.2, 0.25) is 0 Å². The van der Waals surface area contributed by atoms with Crippen LogP contribution in [0.25, 0.3) is 0 Å². The molecule has 0 spiro atoms. The summed E-state index contributed by atoms with van der Waals surface area (Å²) in [6.45, 7) is 0.571. The Kier molecular flexibility index (Phi) is 5.14. The third-order valence-electron chi connectivity index (χ3n) is 3.34. The quantitative estimate of drug-likeness (QED) is 0.925. The summed E-state index contributed by atoms with van der Waals surface area (Å²) >= 11 is 5.59. The molecular formula is C14H15ClFNO4. The van der Waals surface area contributed by atoms with Gasteiger partial charge >= 0.3 is 5.97 Å². The van der Waals surface area contributed by atoms with Crippen LogP contribution in [-0.4, -0.2) is 47.7 Å². The predicted octanol–water partition coefficient (Wildman–Crippen LogP) is 2.18. The Bertz CT molecular complexity index is 544. The molecule has 1 aromatic carbocycles. The molecule has 1 aliphatic heterocycles. The Hall–Kier alpha value is -1.66. The van der Waals surface area contributed by atoms with Crippen molar-refractivity contribution < 1.29 is 23.8 Å². The van der Waals surface area contributed by atoms with E-state index < -0.39 is 11.8 Å². The van der Waals surface area contributed by atoms with Crippen molar-refractivity contribution in [1.82, 2.24) is 4.90 Å². The molecule has 0 unspecified atom stereocenters. The van der Waals surface area contributed by atoms with Crippen LogP contribution in [-0.2, 0) is 9.53 Å². The lowest BCUT2D eigenvalue weighted by atomic mass is 10.1. The Morgan fingerprint density at radius 2 is 2.05 bits per heavy atom. The van der Waals surface area contributed by atoms with E-state index >= 15 is 0 Å². The average molecular weight is 316 g/mol. The van der Waals surface area contributed by atoms with Crippen LogP contribution in [0.15, 0.2) is 18.2 Å². The number of halogens is 2. The summed E-state index contributed by atoms with van der Waals surface area (Å²) in [5.74, 6) is -1.89. The predicted molar refractivity (Wildman–Crippen MR) is 73.9 cm³/mol. The van der Waals surface area contributed by atoms with Gasteiger partial charge in [0.05, 0.1) is 11.1 Å². The maximum atomic E-state index is 13.4. The second kappa shape index (κ2) is 6.87. The van der Waals surface area contributed by atoms with Gasteiger partial charge in [-0.15, -0.1) is 0 Å². The maximum absolute atomic E-state index is 13.4. The van der Waals surface area contributed by atoms with Gasteiger partial charge in [-0.25, -0.2) is 9.18 Å². The molecule has 1 heterocycles. The fraction of sp³-hybridized carbons (Fsp3) is 0.429. The number of likely N-dealkylation sites (tertiary alicyclic amines) is 1. The summed E-state index contributed by atoms with van der Waals surface area (Å²) in [5, 5.41) is 8.52. The highest BCUT2D eigenvalue weighted by atomic mass is 35.5. The first-order valence-electron chi connectivity index (χ1n) is 6.55. The van der Waals surface area contributed by atoms with Crippen molar-refractivity contribution in [3.8, 4) is 0 Å². The van der Waals surface area contributed by atoms with Crippen LogP contribution in [0.1, 0.15) is 23.2 Å². The third kappa shape index (κ3) is 4.15. The van der Waals surface area contributed by atoms with Gasteiger partial charge in [0.15, 0.2) is 0 Å². The molecule has 0 saturated carbocycles. The summed E-state index contributed by atoms with van der Waals surface area (Å²) in [5.41, 5.74) is 0.252. The van der Waals surface area contributed by atoms with Crippen molar-refractivity contribution in [3.05, 3.63) is 34.6 Å². The zero-order chi connectivity index (χ0) is 15.4. The third-order valence-corrected chi connectivity index (χ3v) is 3.64. The van der Waals surface area contributed by atoms with Crippen LogP contribution in [0.5, 0.6) is 0 Å². The zero-order valence-corrected chi connectivity index (χ0v) is 12.0. The molecule has 21 heavy (non-hydrogen) atoms. The molecule has 1 aliphatic rings. The molecule has 0 atom stereocenters. The largest absolute Gasteiger partial charge is 0.480 e. The molecule has 0 aromatic heterocycles. The number of hydrogen-bond acceptors (Lipinski definition) is 3. The minimum atomic E-state index is -1.01. The van der Waals surface area contributed by atoms with E-state index in [1.54, 1.807) is 4.90 Å². The SMILES string of the molecule is O=C(O)COC1CCN(C(=O)c2ccc(Cl)c(F)c2)CC1. The Morgan fingerprint density at radius 1 is 1.38 bits per heavy atom. The smallest absolute Gasteiger partial charge is 0.329 e. The summed E-state index contributed by atoms with van der Waals surface area (Å²) in [7, 11) is 0. The number of rotatable bonds is 4. The van der Waals surface area contributed by atoms with Crippen molar-refractivity contribution in [2.75, 3.05) is 19.7 Å². The van der Waals surface area contributed by atoms with Crippen LogP contribution in [0, 0.1) is 5.82 Å². The molecule has 5 nitrogen and oxygen atoms in total. The van der Waals surface area contributed by atoms with E-state index in [0.29, 0.717) is 25.9 Å². The van der Waals surface area contributed by atoms with Crippen LogP contribution in [0.2, 0.25) is 5.02 Å². The fourth-order valence-electron chi connectivity index (χ4n) is 2.23. The number of carboxylic acid groups (broad SMARTS) is 1. The summed E-state index contributed by atoms with van der Waals surface area (Å²) in [6, 6.07) is 3.96. The van der Waals surface area contributed by atoms with Crippen molar-refractivity contribution in [3.63, 3.8) is 0 Å². The topological polar surface area (TPSA) is 66.8 Å². The van der Waals surface area contributed by atoms with Crippen LogP contribution >= 0.6 is 11.6 Å². The summed E-state index contributed by atoms with van der Waals surface area (Å²) in [6.07, 6.45) is 0.969.